The standard InChI is InChI=1S/C85H140O16P2/c1-4-7-10-13-16-19-22-25-28-31-34-36-38-39-41-43-45-47-50-53-56-59-62-65-68-71-83(88)95-74-80(86)75-97-102(91,92)98-76-81(87)77-99-103(93,94)100-79-82(101-85(90)73-70-67-64-61-58-55-52-49-44-33-30-27-24-21-18-15-12-9-6-3)78-96-84(89)72-69-66-63-60-57-54-51-48-46-42-40-37-35-32-29-26-23-20-17-14-11-8-5-2/h7-12,16-21,25-30,34-37,39,41-42,44,46,49,80-82,86-87H,4-6,13-15,22-24,31-33,38,40,43,45,47-48,50-79H2,1-3H3,(H,91,92)(H,93,94)/b10-7-,11-8-,12-9-,19-16-,20-17-,21-18-,28-25-,29-26-,30-27-,36-34-,37-35-,41-39-,46-42-,49-44-. The van der Waals surface area contributed by atoms with Gasteiger partial charge in [0.1, 0.15) is 25.4 Å². The molecule has 103 heavy (non-hydrogen) atoms. The van der Waals surface area contributed by atoms with Gasteiger partial charge in [-0.05, 0) is 148 Å². The first-order valence-corrected chi connectivity index (χ1v) is 42.4. The van der Waals surface area contributed by atoms with E-state index in [0.717, 1.165) is 205 Å². The molecule has 0 heterocycles. The molecule has 586 valence electrons. The van der Waals surface area contributed by atoms with Gasteiger partial charge in [0.15, 0.2) is 6.10 Å². The van der Waals surface area contributed by atoms with Gasteiger partial charge in [-0.1, -0.05) is 294 Å². The second-order valence-electron chi connectivity index (χ2n) is 25.7. The predicted molar refractivity (Wildman–Crippen MR) is 426 cm³/mol. The van der Waals surface area contributed by atoms with Gasteiger partial charge in [-0.2, -0.15) is 0 Å². The van der Waals surface area contributed by atoms with Crippen LogP contribution in [0.15, 0.2) is 170 Å². The fourth-order valence-electron chi connectivity index (χ4n) is 10.0. The number of aliphatic hydroxyl groups excluding tert-OH is 2. The number of rotatable bonds is 73. The topological polar surface area (TPSA) is 231 Å². The highest BCUT2D eigenvalue weighted by Gasteiger charge is 2.29. The molecule has 0 aromatic heterocycles. The summed E-state index contributed by atoms with van der Waals surface area (Å²) in [6, 6.07) is 0. The van der Waals surface area contributed by atoms with E-state index in [9.17, 15) is 43.5 Å². The fourth-order valence-corrected chi connectivity index (χ4v) is 11.6. The average molecular weight is 1480 g/mol. The number of allylic oxidation sites excluding steroid dienone is 28. The maximum absolute atomic E-state index is 13.0. The molecule has 0 aromatic carbocycles. The minimum absolute atomic E-state index is 0.0795. The lowest BCUT2D eigenvalue weighted by molar-refractivity contribution is -0.161. The van der Waals surface area contributed by atoms with E-state index >= 15 is 0 Å². The summed E-state index contributed by atoms with van der Waals surface area (Å²) in [6.07, 6.45) is 96.7. The van der Waals surface area contributed by atoms with Gasteiger partial charge < -0.3 is 34.2 Å². The second kappa shape index (κ2) is 76.6. The maximum Gasteiger partial charge on any atom is 0.472 e. The van der Waals surface area contributed by atoms with E-state index in [2.05, 4.69) is 191 Å². The molecule has 0 aliphatic rings. The molecule has 5 unspecified atom stereocenters. The van der Waals surface area contributed by atoms with Gasteiger partial charge in [0, 0.05) is 19.3 Å². The Labute approximate surface area is 624 Å². The van der Waals surface area contributed by atoms with Crippen LogP contribution in [0.1, 0.15) is 290 Å². The molecule has 0 bridgehead atoms. The summed E-state index contributed by atoms with van der Waals surface area (Å²) in [5.74, 6) is -1.62. The van der Waals surface area contributed by atoms with Crippen molar-refractivity contribution in [1.29, 1.82) is 0 Å². The summed E-state index contributed by atoms with van der Waals surface area (Å²) >= 11 is 0. The van der Waals surface area contributed by atoms with Crippen LogP contribution in [0.5, 0.6) is 0 Å². The van der Waals surface area contributed by atoms with Crippen molar-refractivity contribution in [3.63, 3.8) is 0 Å². The number of phosphoric ester groups is 2. The number of hydrogen-bond acceptors (Lipinski definition) is 14. The first kappa shape index (κ1) is 97.9. The molecule has 0 amide bonds. The fraction of sp³-hybridized carbons (Fsp3) is 0.635. The molecule has 0 aromatic rings. The van der Waals surface area contributed by atoms with Crippen molar-refractivity contribution in [3.05, 3.63) is 170 Å². The van der Waals surface area contributed by atoms with E-state index in [-0.39, 0.29) is 19.3 Å². The molecule has 0 saturated carbocycles. The van der Waals surface area contributed by atoms with Gasteiger partial charge in [-0.15, -0.1) is 0 Å². The third-order valence-electron chi connectivity index (χ3n) is 15.9. The molecule has 4 N–H and O–H groups in total. The van der Waals surface area contributed by atoms with Crippen molar-refractivity contribution in [3.8, 4) is 0 Å². The Morgan fingerprint density at radius 1 is 0.272 bits per heavy atom. The van der Waals surface area contributed by atoms with Gasteiger partial charge in [0.05, 0.1) is 26.4 Å². The van der Waals surface area contributed by atoms with Crippen LogP contribution in [-0.2, 0) is 55.8 Å². The molecular formula is C85H140O16P2. The number of hydrogen-bond donors (Lipinski definition) is 4. The van der Waals surface area contributed by atoms with E-state index in [4.69, 9.17) is 32.3 Å². The summed E-state index contributed by atoms with van der Waals surface area (Å²) < 4.78 is 61.2. The normalized spacial score (nSPS) is 14.9. The van der Waals surface area contributed by atoms with Crippen molar-refractivity contribution >= 4 is 33.6 Å². The first-order valence-electron chi connectivity index (χ1n) is 39.4. The highest BCUT2D eigenvalue weighted by Crippen LogP contribution is 2.45. The van der Waals surface area contributed by atoms with Crippen molar-refractivity contribution in [2.24, 2.45) is 0 Å². The molecule has 0 aliphatic heterocycles. The van der Waals surface area contributed by atoms with E-state index in [0.29, 0.717) is 19.3 Å². The number of unbranched alkanes of at least 4 members (excludes halogenated alkanes) is 22. The lowest BCUT2D eigenvalue weighted by Gasteiger charge is -2.21. The molecule has 0 fully saturated rings. The Bertz CT molecular complexity index is 2550. The number of carbonyl (C=O) groups is 3. The lowest BCUT2D eigenvalue weighted by Crippen LogP contribution is -2.30. The molecule has 5 atom stereocenters. The molecule has 0 radical (unpaired) electrons. The first-order chi connectivity index (χ1) is 50.2. The average Bonchev–Trinajstić information content (AvgIpc) is 0.922. The van der Waals surface area contributed by atoms with Crippen LogP contribution in [0, 0.1) is 0 Å². The third-order valence-corrected chi connectivity index (χ3v) is 17.8. The SMILES string of the molecule is CC/C=C\C/C=C\C/C=C\C/C=C\C/C=C\CCCCCCCCCCCC(=O)OCC(O)COP(=O)(O)OCC(O)COP(=O)(O)OCC(COC(=O)CCCCCCCCC/C=C\C/C=C\C/C=C\C/C=C\C/C=C\CC)OC(=O)CCCCCCCC/C=C\C/C=C\C/C=C\C/C=C\CC. The number of phosphoric acid groups is 2. The zero-order chi connectivity index (χ0) is 75.2. The summed E-state index contributed by atoms with van der Waals surface area (Å²) in [4.78, 5) is 58.7. The van der Waals surface area contributed by atoms with Crippen LogP contribution >= 0.6 is 15.6 Å². The van der Waals surface area contributed by atoms with Gasteiger partial charge in [-0.25, -0.2) is 9.13 Å². The van der Waals surface area contributed by atoms with Gasteiger partial charge >= 0.3 is 33.6 Å². The van der Waals surface area contributed by atoms with E-state index in [1.54, 1.807) is 0 Å². The smallest absolute Gasteiger partial charge is 0.463 e. The van der Waals surface area contributed by atoms with Crippen LogP contribution in [0.2, 0.25) is 0 Å². The monoisotopic (exact) mass is 1480 g/mol. The van der Waals surface area contributed by atoms with E-state index < -0.39 is 91.5 Å². The lowest BCUT2D eigenvalue weighted by atomic mass is 10.1. The summed E-state index contributed by atoms with van der Waals surface area (Å²) in [5.41, 5.74) is 0. The van der Waals surface area contributed by atoms with Crippen LogP contribution < -0.4 is 0 Å². The molecule has 0 rings (SSSR count). The summed E-state index contributed by atoms with van der Waals surface area (Å²) in [5, 5.41) is 20.6. The van der Waals surface area contributed by atoms with Gasteiger partial charge in [-0.3, -0.25) is 32.5 Å². The third kappa shape index (κ3) is 77.8. The molecule has 0 aliphatic carbocycles. The predicted octanol–water partition coefficient (Wildman–Crippen LogP) is 23.2. The minimum Gasteiger partial charge on any atom is -0.463 e. The van der Waals surface area contributed by atoms with Crippen LogP contribution in [-0.4, -0.2) is 95.9 Å². The van der Waals surface area contributed by atoms with Gasteiger partial charge in [0.2, 0.25) is 0 Å². The van der Waals surface area contributed by atoms with E-state index in [1.807, 2.05) is 0 Å². The molecule has 0 saturated heterocycles. The zero-order valence-corrected chi connectivity index (χ0v) is 65.7. The number of carbonyl (C=O) groups excluding carboxylic acids is 3. The second-order valence-corrected chi connectivity index (χ2v) is 28.6. The molecule has 16 nitrogen and oxygen atoms in total. The number of aliphatic hydroxyl groups is 2. The Hall–Kier alpha value is -5.09. The largest absolute Gasteiger partial charge is 0.472 e. The number of esters is 3. The molecule has 18 heteroatoms. The number of ether oxygens (including phenoxy) is 3. The van der Waals surface area contributed by atoms with E-state index in [1.165, 1.54) is 25.7 Å². The Kier molecular flexibility index (Phi) is 72.8. The Balaban J connectivity index is 4.70. The summed E-state index contributed by atoms with van der Waals surface area (Å²) in [7, 11) is -9.81. The Morgan fingerprint density at radius 2 is 0.485 bits per heavy atom. The molecular weight excluding hydrogens is 1340 g/mol. The van der Waals surface area contributed by atoms with Crippen molar-refractivity contribution in [2.75, 3.05) is 39.6 Å². The van der Waals surface area contributed by atoms with Crippen LogP contribution in [0.25, 0.3) is 0 Å². The van der Waals surface area contributed by atoms with Crippen LogP contribution in [0.3, 0.4) is 0 Å². The quantitative estimate of drug-likeness (QED) is 0.0146. The Morgan fingerprint density at radius 3 is 0.767 bits per heavy atom. The minimum atomic E-state index is -4.95. The molecule has 0 spiro atoms. The van der Waals surface area contributed by atoms with Crippen molar-refractivity contribution < 1.29 is 75.8 Å². The zero-order valence-electron chi connectivity index (χ0n) is 63.9. The van der Waals surface area contributed by atoms with Crippen molar-refractivity contribution in [2.45, 2.75) is 309 Å². The highest BCUT2D eigenvalue weighted by atomic mass is 31.2. The summed E-state index contributed by atoms with van der Waals surface area (Å²) in [6.45, 7) is 2.30. The van der Waals surface area contributed by atoms with Crippen molar-refractivity contribution in [1.82, 2.24) is 0 Å². The van der Waals surface area contributed by atoms with Gasteiger partial charge in [0.25, 0.3) is 0 Å². The maximum atomic E-state index is 13.0. The highest BCUT2D eigenvalue weighted by molar-refractivity contribution is 7.47. The van der Waals surface area contributed by atoms with Crippen LogP contribution in [0.4, 0.5) is 0 Å².